The maximum absolute atomic E-state index is 14.2. The number of aromatic nitrogens is 2. The van der Waals surface area contributed by atoms with Crippen LogP contribution in [0.3, 0.4) is 0 Å². The smallest absolute Gasteiger partial charge is 0.243 e. The van der Waals surface area contributed by atoms with Gasteiger partial charge < -0.3 is 0 Å². The van der Waals surface area contributed by atoms with Gasteiger partial charge in [0.1, 0.15) is 17.9 Å². The van der Waals surface area contributed by atoms with Gasteiger partial charge in [0.2, 0.25) is 0 Å². The summed E-state index contributed by atoms with van der Waals surface area (Å²) in [5.41, 5.74) is -28.0. The molecule has 0 aliphatic rings. The van der Waals surface area contributed by atoms with Crippen molar-refractivity contribution in [1.82, 2.24) is 4.98 Å². The molecule has 0 bridgehead atoms. The molecule has 1 heterocycles. The van der Waals surface area contributed by atoms with Crippen LogP contribution in [0.15, 0.2) is 128 Å². The molecule has 28 heteroatoms. The van der Waals surface area contributed by atoms with Gasteiger partial charge in [-0.1, -0.05) is 85.4 Å². The molecule has 3 nitrogen and oxygen atoms in total. The number of rotatable bonds is 7. The summed E-state index contributed by atoms with van der Waals surface area (Å²) >= 11 is 0. The minimum atomic E-state index is -6.13. The van der Waals surface area contributed by atoms with Gasteiger partial charge in [-0.3, -0.25) is 0 Å². The number of hydrogen-bond acceptors (Lipinski definition) is 2. The molecule has 0 N–H and O–H groups in total. The Hall–Kier alpha value is -7.21. The summed E-state index contributed by atoms with van der Waals surface area (Å²) in [5, 5.41) is 8.77. The molecule has 74 heavy (non-hydrogen) atoms. The largest absolute Gasteiger partial charge is 0.416 e. The number of allylic oxidation sites excluding steroid dienone is 1. The van der Waals surface area contributed by atoms with Gasteiger partial charge in [0.15, 0.2) is 18.9 Å². The van der Waals surface area contributed by atoms with E-state index in [0.29, 0.717) is 11.3 Å². The maximum Gasteiger partial charge on any atom is 0.416 e. The number of halogens is 24. The predicted molar refractivity (Wildman–Crippen MR) is 215 cm³/mol. The molecular formula is C46H24BF24N3. The summed E-state index contributed by atoms with van der Waals surface area (Å²) < 4.78 is 343. The number of nitriles is 1. The van der Waals surface area contributed by atoms with Crippen molar-refractivity contribution < 1.29 is 110 Å². The Labute approximate surface area is 399 Å². The third-order valence-electron chi connectivity index (χ3n) is 10.9. The van der Waals surface area contributed by atoms with Crippen LogP contribution in [0.1, 0.15) is 55.8 Å². The van der Waals surface area contributed by atoms with Gasteiger partial charge in [0.25, 0.3) is 0 Å². The predicted octanol–water partition coefficient (Wildman–Crippen LogP) is 13.2. The van der Waals surface area contributed by atoms with Crippen LogP contribution >= 0.6 is 0 Å². The summed E-state index contributed by atoms with van der Waals surface area (Å²) in [4.78, 5) is 4.11. The standard InChI is InChI=1S/C32H12BF24.C14H12N3/c34-25(35,36)13-1-14(26(37,38)39)6-21(5-13)33(22-7-15(27(40,41)42)2-16(8-22)28(43,44)45,23-9-17(29(46,47)48)3-18(10-23)30(49,50)51)24-11-19(31(52,53)54)4-20(12-24)32(55,56)57;1-12(9-15)14-11-17(8-7-16-14)10-13-5-3-2-4-6-13/h1-12H;2-8,11H,1,10H2/q-1;+1. The zero-order chi connectivity index (χ0) is 56.0. The molecule has 6 aromatic rings. The second-order valence-electron chi connectivity index (χ2n) is 15.9. The van der Waals surface area contributed by atoms with E-state index in [-0.39, 0.29) is 0 Å². The van der Waals surface area contributed by atoms with Crippen molar-refractivity contribution in [3.05, 3.63) is 184 Å². The molecule has 394 valence electrons. The average Bonchev–Trinajstić information content (AvgIpc) is 3.27. The lowest BCUT2D eigenvalue weighted by Crippen LogP contribution is -2.75. The summed E-state index contributed by atoms with van der Waals surface area (Å²) in [6.07, 6.45) is -49.4. The second-order valence-corrected chi connectivity index (χ2v) is 15.9. The monoisotopic (exact) mass is 1090 g/mol. The highest BCUT2D eigenvalue weighted by Crippen LogP contribution is 2.41. The van der Waals surface area contributed by atoms with Crippen LogP contribution < -0.4 is 26.4 Å². The van der Waals surface area contributed by atoms with E-state index < -0.39 is 195 Å². The number of nitrogens with zero attached hydrogens (tertiary/aromatic N) is 3. The molecule has 0 aliphatic carbocycles. The van der Waals surface area contributed by atoms with Crippen LogP contribution in [-0.4, -0.2) is 11.1 Å². The highest BCUT2D eigenvalue weighted by Gasteiger charge is 2.47. The van der Waals surface area contributed by atoms with Gasteiger partial charge in [0.05, 0.1) is 56.3 Å². The van der Waals surface area contributed by atoms with Gasteiger partial charge >= 0.3 is 49.4 Å². The minimum Gasteiger partial charge on any atom is -0.243 e. The van der Waals surface area contributed by atoms with E-state index >= 15 is 0 Å². The van der Waals surface area contributed by atoms with Crippen molar-refractivity contribution in [1.29, 1.82) is 5.26 Å². The summed E-state index contributed by atoms with van der Waals surface area (Å²) in [6.45, 7) is 4.41. The van der Waals surface area contributed by atoms with Crippen molar-refractivity contribution >= 4 is 33.6 Å². The van der Waals surface area contributed by atoms with Crippen molar-refractivity contribution in [2.75, 3.05) is 0 Å². The molecule has 0 amide bonds. The molecule has 0 fully saturated rings. The Kier molecular flexibility index (Phi) is 15.5. The van der Waals surface area contributed by atoms with Gasteiger partial charge in [-0.2, -0.15) is 137 Å². The fourth-order valence-corrected chi connectivity index (χ4v) is 7.61. The fraction of sp³-hybridized carbons (Fsp3) is 0.196. The van der Waals surface area contributed by atoms with E-state index in [1.54, 1.807) is 6.20 Å². The van der Waals surface area contributed by atoms with Crippen molar-refractivity contribution in [3.63, 3.8) is 0 Å². The molecule has 5 aromatic carbocycles. The van der Waals surface area contributed by atoms with E-state index in [0.717, 1.165) is 6.54 Å². The molecule has 6 rings (SSSR count). The summed E-state index contributed by atoms with van der Waals surface area (Å²) in [7, 11) is 0. The highest BCUT2D eigenvalue weighted by molar-refractivity contribution is 7.20. The Balaban J connectivity index is 0.000000500. The topological polar surface area (TPSA) is 40.6 Å². The number of hydrogen-bond donors (Lipinski definition) is 0. The molecule has 0 radical (unpaired) electrons. The minimum absolute atomic E-state index is 0.382. The third-order valence-corrected chi connectivity index (χ3v) is 10.9. The number of benzene rings is 5. The first-order chi connectivity index (χ1) is 33.6. The van der Waals surface area contributed by atoms with E-state index in [9.17, 15) is 105 Å². The Morgan fingerprint density at radius 1 is 0.432 bits per heavy atom. The lowest BCUT2D eigenvalue weighted by molar-refractivity contribution is -0.689. The molecule has 0 saturated heterocycles. The van der Waals surface area contributed by atoms with E-state index in [1.807, 2.05) is 41.2 Å². The van der Waals surface area contributed by atoms with Gasteiger partial charge in [-0.25, -0.2) is 4.98 Å². The molecule has 0 aliphatic heterocycles. The Morgan fingerprint density at radius 3 is 0.919 bits per heavy atom. The van der Waals surface area contributed by atoms with Crippen molar-refractivity contribution in [2.45, 2.75) is 56.0 Å². The molecule has 1 aromatic heterocycles. The van der Waals surface area contributed by atoms with Crippen molar-refractivity contribution in [2.24, 2.45) is 0 Å². The second kappa shape index (κ2) is 19.9. The molecule has 0 spiro atoms. The molecule has 0 atom stereocenters. The van der Waals surface area contributed by atoms with Crippen LogP contribution in [0.2, 0.25) is 0 Å². The zero-order valence-corrected chi connectivity index (χ0v) is 36.0. The first-order valence-electron chi connectivity index (χ1n) is 19.9. The first-order valence-corrected chi connectivity index (χ1v) is 19.9. The van der Waals surface area contributed by atoms with E-state index in [2.05, 4.69) is 23.7 Å². The van der Waals surface area contributed by atoms with E-state index in [1.165, 1.54) is 5.56 Å². The molecule has 0 saturated carbocycles. The van der Waals surface area contributed by atoms with Crippen LogP contribution in [0.5, 0.6) is 0 Å². The Morgan fingerprint density at radius 2 is 0.689 bits per heavy atom. The van der Waals surface area contributed by atoms with Crippen molar-refractivity contribution in [3.8, 4) is 6.07 Å². The van der Waals surface area contributed by atoms with Crippen LogP contribution in [0.25, 0.3) is 5.57 Å². The summed E-state index contributed by atoms with van der Waals surface area (Å²) in [5.74, 6) is 0. The van der Waals surface area contributed by atoms with Gasteiger partial charge in [-0.15, -0.1) is 0 Å². The van der Waals surface area contributed by atoms with Crippen LogP contribution in [0, 0.1) is 11.3 Å². The number of alkyl halides is 24. The zero-order valence-electron chi connectivity index (χ0n) is 36.0. The van der Waals surface area contributed by atoms with Crippen LogP contribution in [0.4, 0.5) is 105 Å². The summed E-state index contributed by atoms with van der Waals surface area (Å²) in [6, 6.07) is 3.32. The van der Waals surface area contributed by atoms with Gasteiger partial charge in [-0.05, 0) is 24.3 Å². The first kappa shape index (κ1) is 57.7. The highest BCUT2D eigenvalue weighted by atomic mass is 19.4. The van der Waals surface area contributed by atoms with E-state index in [4.69, 9.17) is 5.26 Å². The molecule has 0 unspecified atom stereocenters. The average molecular weight is 1090 g/mol. The maximum atomic E-state index is 14.2. The third kappa shape index (κ3) is 13.3. The quantitative estimate of drug-likeness (QED) is 0.0692. The lowest BCUT2D eigenvalue weighted by Gasteiger charge is -2.46. The lowest BCUT2D eigenvalue weighted by atomic mass is 9.12. The Bertz CT molecular complexity index is 2620. The normalized spacial score (nSPS) is 13.2. The molecular weight excluding hydrogens is 1060 g/mol. The van der Waals surface area contributed by atoms with Gasteiger partial charge in [0, 0.05) is 5.56 Å². The SMILES string of the molecule is C=C(C#N)c1c[n+](Cc2ccccc2)ccn1.FC(F)(F)c1cc([B-](c2cc(C(F)(F)F)cc(C(F)(F)F)c2)(c2cc(C(F)(F)F)cc(C(F)(F)F)c2)c2cc(C(F)(F)F)cc(C(F)(F)F)c2)cc(C(F)(F)F)c1. The van der Waals surface area contributed by atoms with Crippen LogP contribution in [-0.2, 0) is 56.0 Å². The fourth-order valence-electron chi connectivity index (χ4n) is 7.61.